The minimum absolute atomic E-state index is 0.357. The van der Waals surface area contributed by atoms with Crippen LogP contribution in [0, 0.1) is 0 Å². The first-order chi connectivity index (χ1) is 4.52. The Hall–Kier alpha value is -0.260. The molecule has 60 valence electrons. The van der Waals surface area contributed by atoms with Gasteiger partial charge in [0.1, 0.15) is 7.11 Å². The quantitative estimate of drug-likeness (QED) is 0.396. The molecule has 0 heterocycles. The second-order valence-corrected chi connectivity index (χ2v) is 1.91. The Morgan fingerprint density at radius 2 is 2.10 bits per heavy atom. The van der Waals surface area contributed by atoms with Crippen LogP contribution in [-0.2, 0) is 4.84 Å². The maximum Gasteiger partial charge on any atom is 0.433 e. The number of halogens is 4. The van der Waals surface area contributed by atoms with Crippen molar-refractivity contribution in [1.29, 1.82) is 0 Å². The van der Waals surface area contributed by atoms with E-state index >= 15 is 0 Å². The SMILES string of the molecule is CON=C(CBr)C(F)(F)F. The predicted molar refractivity (Wildman–Crippen MR) is 34.3 cm³/mol. The monoisotopic (exact) mass is 219 g/mol. The Morgan fingerprint density at radius 3 is 2.20 bits per heavy atom. The Labute approximate surface area is 64.2 Å². The average molecular weight is 220 g/mol. The van der Waals surface area contributed by atoms with Gasteiger partial charge in [-0.25, -0.2) is 0 Å². The standard InChI is InChI=1S/C4H5BrF3NO/c1-10-9-3(2-5)4(6,7)8/h2H2,1H3. The molecule has 0 unspecified atom stereocenters. The van der Waals surface area contributed by atoms with Gasteiger partial charge in [-0.3, -0.25) is 0 Å². The van der Waals surface area contributed by atoms with Gasteiger partial charge in [-0.05, 0) is 0 Å². The van der Waals surface area contributed by atoms with Gasteiger partial charge in [0.05, 0.1) is 5.33 Å². The van der Waals surface area contributed by atoms with Crippen molar-refractivity contribution >= 4 is 21.6 Å². The maximum absolute atomic E-state index is 11.7. The van der Waals surface area contributed by atoms with Crippen LogP contribution >= 0.6 is 15.9 Å². The molecule has 0 aromatic carbocycles. The Morgan fingerprint density at radius 1 is 1.60 bits per heavy atom. The predicted octanol–water partition coefficient (Wildman–Crippen LogP) is 1.95. The minimum atomic E-state index is -4.40. The summed E-state index contributed by atoms with van der Waals surface area (Å²) < 4.78 is 35.0. The first kappa shape index (κ1) is 9.74. The van der Waals surface area contributed by atoms with Crippen molar-refractivity contribution in [2.45, 2.75) is 6.18 Å². The summed E-state index contributed by atoms with van der Waals surface area (Å²) in [5.74, 6) is 0. The third-order valence-electron chi connectivity index (χ3n) is 0.655. The van der Waals surface area contributed by atoms with Crippen LogP contribution in [0.25, 0.3) is 0 Å². The highest BCUT2D eigenvalue weighted by Gasteiger charge is 2.35. The third kappa shape index (κ3) is 3.05. The second-order valence-electron chi connectivity index (χ2n) is 1.35. The zero-order valence-corrected chi connectivity index (χ0v) is 6.66. The largest absolute Gasteiger partial charge is 0.433 e. The zero-order chi connectivity index (χ0) is 8.20. The highest BCUT2D eigenvalue weighted by molar-refractivity contribution is 9.09. The van der Waals surface area contributed by atoms with E-state index in [-0.39, 0.29) is 5.33 Å². The lowest BCUT2D eigenvalue weighted by atomic mass is 10.4. The van der Waals surface area contributed by atoms with Gasteiger partial charge in [-0.1, -0.05) is 21.1 Å². The molecule has 6 heteroatoms. The molecule has 0 aromatic rings. The highest BCUT2D eigenvalue weighted by Crippen LogP contribution is 2.18. The number of nitrogens with zero attached hydrogens (tertiary/aromatic N) is 1. The molecular weight excluding hydrogens is 215 g/mol. The van der Waals surface area contributed by atoms with Crippen molar-refractivity contribution in [1.82, 2.24) is 0 Å². The van der Waals surface area contributed by atoms with Crippen LogP contribution < -0.4 is 0 Å². The number of hydrogen-bond donors (Lipinski definition) is 0. The number of oxime groups is 1. The molecule has 10 heavy (non-hydrogen) atoms. The van der Waals surface area contributed by atoms with Gasteiger partial charge >= 0.3 is 6.18 Å². The first-order valence-corrected chi connectivity index (χ1v) is 3.37. The fourth-order valence-electron chi connectivity index (χ4n) is 0.262. The summed E-state index contributed by atoms with van der Waals surface area (Å²) in [5.41, 5.74) is -0.977. The Kier molecular flexibility index (Phi) is 3.70. The number of hydrogen-bond acceptors (Lipinski definition) is 2. The van der Waals surface area contributed by atoms with E-state index in [1.54, 1.807) is 0 Å². The fraction of sp³-hybridized carbons (Fsp3) is 0.750. The number of rotatable bonds is 2. The molecule has 0 fully saturated rings. The van der Waals surface area contributed by atoms with E-state index in [9.17, 15) is 13.2 Å². The summed E-state index contributed by atoms with van der Waals surface area (Å²) >= 11 is 2.62. The molecule has 0 spiro atoms. The molecule has 0 bridgehead atoms. The highest BCUT2D eigenvalue weighted by atomic mass is 79.9. The molecule has 0 rings (SSSR count). The summed E-state index contributed by atoms with van der Waals surface area (Å²) in [6.07, 6.45) is -4.40. The summed E-state index contributed by atoms with van der Waals surface area (Å²) in [4.78, 5) is 3.96. The van der Waals surface area contributed by atoms with Gasteiger partial charge in [0, 0.05) is 0 Å². The van der Waals surface area contributed by atoms with Gasteiger partial charge in [0.2, 0.25) is 0 Å². The lowest BCUT2D eigenvalue weighted by molar-refractivity contribution is -0.0616. The van der Waals surface area contributed by atoms with E-state index in [0.29, 0.717) is 0 Å². The van der Waals surface area contributed by atoms with E-state index < -0.39 is 11.9 Å². The number of alkyl halides is 4. The Bertz CT molecular complexity index is 133. The van der Waals surface area contributed by atoms with E-state index in [4.69, 9.17) is 0 Å². The average Bonchev–Trinajstić information content (AvgIpc) is 1.80. The molecule has 0 aromatic heterocycles. The minimum Gasteiger partial charge on any atom is -0.399 e. The van der Waals surface area contributed by atoms with E-state index in [1.165, 1.54) is 0 Å². The van der Waals surface area contributed by atoms with Crippen molar-refractivity contribution in [3.05, 3.63) is 0 Å². The van der Waals surface area contributed by atoms with E-state index in [0.717, 1.165) is 7.11 Å². The van der Waals surface area contributed by atoms with Crippen molar-refractivity contribution in [2.24, 2.45) is 5.16 Å². The molecule has 0 aliphatic rings. The summed E-state index contributed by atoms with van der Waals surface area (Å²) in [7, 11) is 1.06. The van der Waals surface area contributed by atoms with Gasteiger partial charge in [0.15, 0.2) is 5.71 Å². The molecule has 2 nitrogen and oxygen atoms in total. The maximum atomic E-state index is 11.7. The molecule has 0 atom stereocenters. The van der Waals surface area contributed by atoms with Gasteiger partial charge < -0.3 is 4.84 Å². The zero-order valence-electron chi connectivity index (χ0n) is 5.07. The molecule has 0 N–H and O–H groups in total. The molecule has 0 aliphatic heterocycles. The van der Waals surface area contributed by atoms with Crippen LogP contribution in [-0.4, -0.2) is 24.3 Å². The van der Waals surface area contributed by atoms with Crippen LogP contribution in [0.15, 0.2) is 5.16 Å². The smallest absolute Gasteiger partial charge is 0.399 e. The summed E-state index contributed by atoms with van der Waals surface area (Å²) in [6, 6.07) is 0. The molecule has 0 saturated carbocycles. The summed E-state index contributed by atoms with van der Waals surface area (Å²) in [5, 5.41) is 2.40. The van der Waals surface area contributed by atoms with Crippen LogP contribution in [0.2, 0.25) is 0 Å². The van der Waals surface area contributed by atoms with Crippen molar-refractivity contribution in [3.8, 4) is 0 Å². The molecule has 0 radical (unpaired) electrons. The van der Waals surface area contributed by atoms with Crippen LogP contribution in [0.1, 0.15) is 0 Å². The molecule has 0 amide bonds. The van der Waals surface area contributed by atoms with Gasteiger partial charge in [-0.2, -0.15) is 13.2 Å². The van der Waals surface area contributed by atoms with E-state index in [1.807, 2.05) is 0 Å². The Balaban J connectivity index is 4.21. The molecule has 0 saturated heterocycles. The van der Waals surface area contributed by atoms with Crippen LogP contribution in [0.5, 0.6) is 0 Å². The lowest BCUT2D eigenvalue weighted by Gasteiger charge is -2.04. The van der Waals surface area contributed by atoms with Crippen molar-refractivity contribution in [2.75, 3.05) is 12.4 Å². The fourth-order valence-corrected chi connectivity index (χ4v) is 0.682. The topological polar surface area (TPSA) is 21.6 Å². The summed E-state index contributed by atoms with van der Waals surface area (Å²) in [6.45, 7) is 0. The lowest BCUT2D eigenvalue weighted by Crippen LogP contribution is -2.24. The molecule has 0 aliphatic carbocycles. The van der Waals surface area contributed by atoms with Gasteiger partial charge in [-0.15, -0.1) is 0 Å². The van der Waals surface area contributed by atoms with Crippen molar-refractivity contribution in [3.63, 3.8) is 0 Å². The van der Waals surface area contributed by atoms with Gasteiger partial charge in [0.25, 0.3) is 0 Å². The normalized spacial score (nSPS) is 13.5. The van der Waals surface area contributed by atoms with Crippen LogP contribution in [0.3, 0.4) is 0 Å². The van der Waals surface area contributed by atoms with Crippen molar-refractivity contribution < 1.29 is 18.0 Å². The molecular formula is C4H5BrF3NO. The van der Waals surface area contributed by atoms with Crippen LogP contribution in [0.4, 0.5) is 13.2 Å². The van der Waals surface area contributed by atoms with E-state index in [2.05, 4.69) is 25.9 Å². The third-order valence-corrected chi connectivity index (χ3v) is 1.19. The first-order valence-electron chi connectivity index (χ1n) is 2.25. The second kappa shape index (κ2) is 3.80.